The summed E-state index contributed by atoms with van der Waals surface area (Å²) in [5.74, 6) is 0.590. The number of methoxy groups -OCH3 is 1. The van der Waals surface area contributed by atoms with E-state index in [0.717, 1.165) is 0 Å². The summed E-state index contributed by atoms with van der Waals surface area (Å²) in [6.45, 7) is 0.206. The molecule has 5 heteroatoms. The Balaban J connectivity index is 2.49. The minimum absolute atomic E-state index is 0.206. The van der Waals surface area contributed by atoms with Gasteiger partial charge < -0.3 is 14.9 Å². The van der Waals surface area contributed by atoms with Crippen molar-refractivity contribution in [2.24, 2.45) is 5.73 Å². The molecule has 1 heterocycles. The Kier molecular flexibility index (Phi) is 2.87. The Labute approximate surface area is 91.9 Å². The van der Waals surface area contributed by atoms with Crippen molar-refractivity contribution in [3.05, 3.63) is 36.2 Å². The highest BCUT2D eigenvalue weighted by Gasteiger charge is 2.11. The standard InChI is InChI=1S/C11H11FN2O2/c1-15-10-3-2-7(12)4-8(10)9-6-16-11(5-13)14-9/h2-4,6H,5,13H2,1H3. The topological polar surface area (TPSA) is 61.3 Å². The number of nitrogens with two attached hydrogens (primary N) is 1. The van der Waals surface area contributed by atoms with Crippen LogP contribution in [0.2, 0.25) is 0 Å². The van der Waals surface area contributed by atoms with Gasteiger partial charge in [-0.25, -0.2) is 9.37 Å². The first kappa shape index (κ1) is 10.6. The normalized spacial score (nSPS) is 10.4. The molecular formula is C11H11FN2O2. The molecule has 2 aromatic rings. The molecule has 0 bridgehead atoms. The third kappa shape index (κ3) is 1.90. The van der Waals surface area contributed by atoms with Crippen LogP contribution in [-0.2, 0) is 6.54 Å². The summed E-state index contributed by atoms with van der Waals surface area (Å²) in [4.78, 5) is 4.11. The molecule has 1 aromatic heterocycles. The van der Waals surface area contributed by atoms with E-state index < -0.39 is 0 Å². The molecule has 2 rings (SSSR count). The molecule has 1 aromatic carbocycles. The molecule has 0 aliphatic rings. The summed E-state index contributed by atoms with van der Waals surface area (Å²) in [6, 6.07) is 4.21. The summed E-state index contributed by atoms with van der Waals surface area (Å²) in [5, 5.41) is 0. The summed E-state index contributed by atoms with van der Waals surface area (Å²) < 4.78 is 23.3. The summed E-state index contributed by atoms with van der Waals surface area (Å²) in [5.41, 5.74) is 6.44. The van der Waals surface area contributed by atoms with E-state index in [1.165, 1.54) is 25.5 Å². The molecule has 84 valence electrons. The molecule has 16 heavy (non-hydrogen) atoms. The van der Waals surface area contributed by atoms with Gasteiger partial charge in [0.1, 0.15) is 23.5 Å². The van der Waals surface area contributed by atoms with Crippen LogP contribution in [0, 0.1) is 5.82 Å². The average molecular weight is 222 g/mol. The van der Waals surface area contributed by atoms with Crippen LogP contribution >= 0.6 is 0 Å². The predicted molar refractivity (Wildman–Crippen MR) is 56.3 cm³/mol. The molecule has 0 spiro atoms. The molecule has 0 amide bonds. The fraction of sp³-hybridized carbons (Fsp3) is 0.182. The molecule has 2 N–H and O–H groups in total. The molecule has 0 atom stereocenters. The van der Waals surface area contributed by atoms with E-state index in [1.54, 1.807) is 6.07 Å². The molecule has 0 aliphatic heterocycles. The predicted octanol–water partition coefficient (Wildman–Crippen LogP) is 1.95. The van der Waals surface area contributed by atoms with Gasteiger partial charge in [-0.15, -0.1) is 0 Å². The lowest BCUT2D eigenvalue weighted by atomic mass is 10.1. The summed E-state index contributed by atoms with van der Waals surface area (Å²) >= 11 is 0. The molecule has 0 saturated heterocycles. The number of nitrogens with zero attached hydrogens (tertiary/aromatic N) is 1. The number of ether oxygens (including phenoxy) is 1. The zero-order valence-corrected chi connectivity index (χ0v) is 8.74. The third-order valence-electron chi connectivity index (χ3n) is 2.16. The third-order valence-corrected chi connectivity index (χ3v) is 2.16. The van der Waals surface area contributed by atoms with Crippen molar-refractivity contribution in [3.63, 3.8) is 0 Å². The molecular weight excluding hydrogens is 211 g/mol. The van der Waals surface area contributed by atoms with Gasteiger partial charge in [0, 0.05) is 5.56 Å². The van der Waals surface area contributed by atoms with Crippen LogP contribution in [-0.4, -0.2) is 12.1 Å². The first-order chi connectivity index (χ1) is 7.74. The van der Waals surface area contributed by atoms with Gasteiger partial charge in [-0.05, 0) is 18.2 Å². The number of benzene rings is 1. The van der Waals surface area contributed by atoms with Crippen LogP contribution < -0.4 is 10.5 Å². The lowest BCUT2D eigenvalue weighted by Gasteiger charge is -2.05. The largest absolute Gasteiger partial charge is 0.496 e. The van der Waals surface area contributed by atoms with Gasteiger partial charge in [0.25, 0.3) is 0 Å². The number of halogens is 1. The van der Waals surface area contributed by atoms with Gasteiger partial charge in [0.2, 0.25) is 5.89 Å². The van der Waals surface area contributed by atoms with Gasteiger partial charge >= 0.3 is 0 Å². The maximum atomic E-state index is 13.1. The summed E-state index contributed by atoms with van der Waals surface area (Å²) in [7, 11) is 1.51. The van der Waals surface area contributed by atoms with E-state index in [0.29, 0.717) is 22.9 Å². The lowest BCUT2D eigenvalue weighted by Crippen LogP contribution is -1.96. The molecule has 0 radical (unpaired) electrons. The van der Waals surface area contributed by atoms with Crippen molar-refractivity contribution < 1.29 is 13.5 Å². The van der Waals surface area contributed by atoms with Crippen molar-refractivity contribution in [1.82, 2.24) is 4.98 Å². The number of hydrogen-bond donors (Lipinski definition) is 1. The van der Waals surface area contributed by atoms with Gasteiger partial charge in [-0.2, -0.15) is 0 Å². The summed E-state index contributed by atoms with van der Waals surface area (Å²) in [6.07, 6.45) is 1.43. The number of hydrogen-bond acceptors (Lipinski definition) is 4. The Bertz CT molecular complexity index is 496. The Morgan fingerprint density at radius 3 is 2.94 bits per heavy atom. The van der Waals surface area contributed by atoms with Crippen LogP contribution in [0.1, 0.15) is 5.89 Å². The first-order valence-corrected chi connectivity index (χ1v) is 4.73. The van der Waals surface area contributed by atoms with E-state index in [9.17, 15) is 4.39 Å². The van der Waals surface area contributed by atoms with Crippen molar-refractivity contribution >= 4 is 0 Å². The maximum Gasteiger partial charge on any atom is 0.208 e. The monoisotopic (exact) mass is 222 g/mol. The molecule has 0 fully saturated rings. The quantitative estimate of drug-likeness (QED) is 0.862. The van der Waals surface area contributed by atoms with E-state index in [4.69, 9.17) is 14.9 Å². The smallest absolute Gasteiger partial charge is 0.208 e. The SMILES string of the molecule is COc1ccc(F)cc1-c1coc(CN)n1. The van der Waals surface area contributed by atoms with Crippen molar-refractivity contribution in [1.29, 1.82) is 0 Å². The molecule has 0 aliphatic carbocycles. The second kappa shape index (κ2) is 4.32. The van der Waals surface area contributed by atoms with E-state index >= 15 is 0 Å². The maximum absolute atomic E-state index is 13.1. The Hall–Kier alpha value is -1.88. The highest BCUT2D eigenvalue weighted by Crippen LogP contribution is 2.29. The highest BCUT2D eigenvalue weighted by atomic mass is 19.1. The Morgan fingerprint density at radius 2 is 2.31 bits per heavy atom. The zero-order chi connectivity index (χ0) is 11.5. The van der Waals surface area contributed by atoms with Crippen LogP contribution in [0.3, 0.4) is 0 Å². The number of aromatic nitrogens is 1. The Morgan fingerprint density at radius 1 is 1.50 bits per heavy atom. The average Bonchev–Trinajstić information content (AvgIpc) is 2.77. The number of oxazole rings is 1. The van der Waals surface area contributed by atoms with Gasteiger partial charge in [-0.3, -0.25) is 0 Å². The van der Waals surface area contributed by atoms with Crippen LogP contribution in [0.4, 0.5) is 4.39 Å². The molecule has 0 unspecified atom stereocenters. The van der Waals surface area contributed by atoms with Crippen LogP contribution in [0.5, 0.6) is 5.75 Å². The van der Waals surface area contributed by atoms with Crippen molar-refractivity contribution in [2.75, 3.05) is 7.11 Å². The van der Waals surface area contributed by atoms with E-state index in [1.807, 2.05) is 0 Å². The lowest BCUT2D eigenvalue weighted by molar-refractivity contribution is 0.415. The second-order valence-corrected chi connectivity index (χ2v) is 3.18. The second-order valence-electron chi connectivity index (χ2n) is 3.18. The zero-order valence-electron chi connectivity index (χ0n) is 8.74. The fourth-order valence-electron chi connectivity index (χ4n) is 1.41. The van der Waals surface area contributed by atoms with E-state index in [-0.39, 0.29) is 12.4 Å². The first-order valence-electron chi connectivity index (χ1n) is 4.73. The van der Waals surface area contributed by atoms with Gasteiger partial charge in [-0.1, -0.05) is 0 Å². The fourth-order valence-corrected chi connectivity index (χ4v) is 1.41. The van der Waals surface area contributed by atoms with E-state index in [2.05, 4.69) is 4.98 Å². The van der Waals surface area contributed by atoms with Crippen LogP contribution in [0.15, 0.2) is 28.9 Å². The minimum Gasteiger partial charge on any atom is -0.496 e. The number of rotatable bonds is 3. The molecule has 4 nitrogen and oxygen atoms in total. The highest BCUT2D eigenvalue weighted by molar-refractivity contribution is 5.66. The van der Waals surface area contributed by atoms with Crippen molar-refractivity contribution in [3.8, 4) is 17.0 Å². The van der Waals surface area contributed by atoms with Crippen LogP contribution in [0.25, 0.3) is 11.3 Å². The van der Waals surface area contributed by atoms with Crippen molar-refractivity contribution in [2.45, 2.75) is 6.54 Å². The van der Waals surface area contributed by atoms with Gasteiger partial charge in [0.05, 0.1) is 13.7 Å². The minimum atomic E-state index is -0.354. The molecule has 0 saturated carbocycles. The van der Waals surface area contributed by atoms with Gasteiger partial charge in [0.15, 0.2) is 0 Å².